The number of hydrogen-bond acceptors (Lipinski definition) is 3. The van der Waals surface area contributed by atoms with E-state index in [1.165, 1.54) is 18.5 Å². The molecular weight excluding hydrogens is 214 g/mol. The second-order valence-corrected chi connectivity index (χ2v) is 4.52. The third kappa shape index (κ3) is 2.00. The van der Waals surface area contributed by atoms with Gasteiger partial charge in [-0.15, -0.1) is 0 Å². The van der Waals surface area contributed by atoms with Crippen LogP contribution >= 0.6 is 0 Å². The number of nitrogens with zero attached hydrogens (tertiary/aromatic N) is 2. The number of piperidine rings is 1. The molecule has 0 amide bonds. The van der Waals surface area contributed by atoms with Crippen LogP contribution in [0.4, 0.5) is 0 Å². The van der Waals surface area contributed by atoms with Crippen LogP contribution in [0.1, 0.15) is 24.5 Å². The molecule has 1 N–H and O–H groups in total. The summed E-state index contributed by atoms with van der Waals surface area (Å²) in [5.74, 6) is 1.46. The van der Waals surface area contributed by atoms with Crippen molar-refractivity contribution < 1.29 is 4.74 Å². The Bertz CT molecular complexity index is 514. The molecule has 3 rings (SSSR count). The van der Waals surface area contributed by atoms with Crippen molar-refractivity contribution in [1.29, 1.82) is 0 Å². The summed E-state index contributed by atoms with van der Waals surface area (Å²) in [6.07, 6.45) is 6.51. The molecule has 4 nitrogen and oxygen atoms in total. The van der Waals surface area contributed by atoms with Crippen molar-refractivity contribution in [3.63, 3.8) is 0 Å². The first-order valence-electron chi connectivity index (χ1n) is 6.10. The highest BCUT2D eigenvalue weighted by Gasteiger charge is 2.17. The molecule has 1 aliphatic rings. The molecule has 90 valence electrons. The molecule has 3 heterocycles. The van der Waals surface area contributed by atoms with Crippen LogP contribution in [0.25, 0.3) is 5.65 Å². The second-order valence-electron chi connectivity index (χ2n) is 4.52. The normalized spacial score (nSPS) is 17.5. The summed E-state index contributed by atoms with van der Waals surface area (Å²) in [5.41, 5.74) is 2.18. The molecule has 17 heavy (non-hydrogen) atoms. The van der Waals surface area contributed by atoms with Crippen LogP contribution in [0.2, 0.25) is 0 Å². The van der Waals surface area contributed by atoms with E-state index in [1.807, 2.05) is 18.3 Å². The highest BCUT2D eigenvalue weighted by Crippen LogP contribution is 2.25. The van der Waals surface area contributed by atoms with Crippen LogP contribution in [0.3, 0.4) is 0 Å². The molecule has 0 saturated carbocycles. The van der Waals surface area contributed by atoms with Gasteiger partial charge in [0.05, 0.1) is 12.8 Å². The van der Waals surface area contributed by atoms with E-state index in [0.29, 0.717) is 5.92 Å². The van der Waals surface area contributed by atoms with Crippen LogP contribution in [0.15, 0.2) is 24.5 Å². The van der Waals surface area contributed by atoms with Crippen molar-refractivity contribution >= 4 is 5.65 Å². The highest BCUT2D eigenvalue weighted by molar-refractivity contribution is 5.46. The summed E-state index contributed by atoms with van der Waals surface area (Å²) in [7, 11) is 1.68. The van der Waals surface area contributed by atoms with E-state index in [-0.39, 0.29) is 0 Å². The average Bonchev–Trinajstić information content (AvgIpc) is 2.82. The number of hydrogen-bond donors (Lipinski definition) is 1. The summed E-state index contributed by atoms with van der Waals surface area (Å²) in [4.78, 5) is 4.70. The Kier molecular flexibility index (Phi) is 2.73. The third-order valence-corrected chi connectivity index (χ3v) is 3.44. The fraction of sp³-hybridized carbons (Fsp3) is 0.462. The van der Waals surface area contributed by atoms with Gasteiger partial charge in [-0.05, 0) is 32.0 Å². The first-order valence-corrected chi connectivity index (χ1v) is 6.10. The first kappa shape index (κ1) is 10.6. The van der Waals surface area contributed by atoms with E-state index in [2.05, 4.69) is 15.9 Å². The highest BCUT2D eigenvalue weighted by atomic mass is 16.5. The second kappa shape index (κ2) is 4.37. The Labute approximate surface area is 101 Å². The van der Waals surface area contributed by atoms with Gasteiger partial charge in [0.1, 0.15) is 11.4 Å². The molecule has 0 radical (unpaired) electrons. The quantitative estimate of drug-likeness (QED) is 0.856. The summed E-state index contributed by atoms with van der Waals surface area (Å²) in [6.45, 7) is 2.20. The molecule has 0 bridgehead atoms. The number of rotatable bonds is 2. The lowest BCUT2D eigenvalue weighted by Crippen LogP contribution is -2.26. The molecule has 0 aromatic carbocycles. The number of pyridine rings is 1. The van der Waals surface area contributed by atoms with Crippen LogP contribution < -0.4 is 10.1 Å². The van der Waals surface area contributed by atoms with Gasteiger partial charge in [-0.1, -0.05) is 0 Å². The van der Waals surface area contributed by atoms with Gasteiger partial charge < -0.3 is 14.5 Å². The van der Waals surface area contributed by atoms with Gasteiger partial charge in [0.2, 0.25) is 0 Å². The van der Waals surface area contributed by atoms with Gasteiger partial charge in [0.15, 0.2) is 0 Å². The number of aromatic nitrogens is 2. The maximum absolute atomic E-state index is 5.21. The molecule has 2 aromatic heterocycles. The number of fused-ring (bicyclic) bond motifs is 1. The van der Waals surface area contributed by atoms with E-state index in [1.54, 1.807) is 7.11 Å². The zero-order chi connectivity index (χ0) is 11.7. The molecule has 1 saturated heterocycles. The van der Waals surface area contributed by atoms with Crippen LogP contribution in [-0.4, -0.2) is 29.6 Å². The zero-order valence-corrected chi connectivity index (χ0v) is 10.0. The molecule has 1 aliphatic heterocycles. The lowest BCUT2D eigenvalue weighted by Gasteiger charge is -2.20. The van der Waals surface area contributed by atoms with E-state index >= 15 is 0 Å². The number of nitrogens with one attached hydrogen (secondary N) is 1. The summed E-state index contributed by atoms with van der Waals surface area (Å²) < 4.78 is 7.28. The SMILES string of the molecule is COc1ccn2cc(C3CCNCC3)nc2c1. The predicted molar refractivity (Wildman–Crippen MR) is 66.6 cm³/mol. The number of imidazole rings is 1. The van der Waals surface area contributed by atoms with Gasteiger partial charge >= 0.3 is 0 Å². The molecular formula is C13H17N3O. The van der Waals surface area contributed by atoms with Crippen molar-refractivity contribution in [2.45, 2.75) is 18.8 Å². The average molecular weight is 231 g/mol. The van der Waals surface area contributed by atoms with Gasteiger partial charge in [0, 0.05) is 24.4 Å². The minimum absolute atomic E-state index is 0.599. The van der Waals surface area contributed by atoms with Crippen molar-refractivity contribution in [3.05, 3.63) is 30.2 Å². The van der Waals surface area contributed by atoms with Crippen molar-refractivity contribution in [2.75, 3.05) is 20.2 Å². The molecule has 0 unspecified atom stereocenters. The van der Waals surface area contributed by atoms with Gasteiger partial charge in [-0.25, -0.2) is 4.98 Å². The Hall–Kier alpha value is -1.55. The van der Waals surface area contributed by atoms with E-state index in [0.717, 1.165) is 24.5 Å². The van der Waals surface area contributed by atoms with Crippen molar-refractivity contribution in [2.24, 2.45) is 0 Å². The van der Waals surface area contributed by atoms with Crippen LogP contribution in [0, 0.1) is 0 Å². The van der Waals surface area contributed by atoms with E-state index in [4.69, 9.17) is 9.72 Å². The third-order valence-electron chi connectivity index (χ3n) is 3.44. The van der Waals surface area contributed by atoms with Crippen molar-refractivity contribution in [1.82, 2.24) is 14.7 Å². The Balaban J connectivity index is 1.95. The zero-order valence-electron chi connectivity index (χ0n) is 10.0. The first-order chi connectivity index (χ1) is 8.36. The minimum atomic E-state index is 0.599. The van der Waals surface area contributed by atoms with Crippen LogP contribution in [0.5, 0.6) is 5.75 Å². The molecule has 2 aromatic rings. The topological polar surface area (TPSA) is 38.6 Å². The number of ether oxygens (including phenoxy) is 1. The van der Waals surface area contributed by atoms with Gasteiger partial charge in [-0.3, -0.25) is 0 Å². The fourth-order valence-corrected chi connectivity index (χ4v) is 2.42. The van der Waals surface area contributed by atoms with E-state index in [9.17, 15) is 0 Å². The molecule has 0 atom stereocenters. The van der Waals surface area contributed by atoms with Crippen molar-refractivity contribution in [3.8, 4) is 5.75 Å². The molecule has 0 aliphatic carbocycles. The maximum atomic E-state index is 5.21. The maximum Gasteiger partial charge on any atom is 0.140 e. The summed E-state index contributed by atoms with van der Waals surface area (Å²) in [6, 6.07) is 3.94. The standard InChI is InChI=1S/C13H17N3O/c1-17-11-4-7-16-9-12(15-13(16)8-11)10-2-5-14-6-3-10/h4,7-10,14H,2-3,5-6H2,1H3. The van der Waals surface area contributed by atoms with Gasteiger partial charge in [-0.2, -0.15) is 0 Å². The summed E-state index contributed by atoms with van der Waals surface area (Å²) >= 11 is 0. The lowest BCUT2D eigenvalue weighted by molar-refractivity contribution is 0.414. The van der Waals surface area contributed by atoms with Crippen LogP contribution in [-0.2, 0) is 0 Å². The fourth-order valence-electron chi connectivity index (χ4n) is 2.42. The Morgan fingerprint density at radius 3 is 3.00 bits per heavy atom. The monoisotopic (exact) mass is 231 g/mol. The van der Waals surface area contributed by atoms with E-state index < -0.39 is 0 Å². The minimum Gasteiger partial charge on any atom is -0.497 e. The largest absolute Gasteiger partial charge is 0.497 e. The lowest BCUT2D eigenvalue weighted by atomic mass is 9.95. The summed E-state index contributed by atoms with van der Waals surface area (Å²) in [5, 5.41) is 3.38. The molecule has 4 heteroatoms. The van der Waals surface area contributed by atoms with Gasteiger partial charge in [0.25, 0.3) is 0 Å². The molecule has 1 fully saturated rings. The Morgan fingerprint density at radius 1 is 1.41 bits per heavy atom. The number of methoxy groups -OCH3 is 1. The smallest absolute Gasteiger partial charge is 0.140 e. The predicted octanol–water partition coefficient (Wildman–Crippen LogP) is 1.81. The molecule has 0 spiro atoms. The Morgan fingerprint density at radius 2 is 2.24 bits per heavy atom.